The molecule has 0 radical (unpaired) electrons. The number of ether oxygens (including phenoxy) is 6. The predicted molar refractivity (Wildman–Crippen MR) is 233 cm³/mol. The summed E-state index contributed by atoms with van der Waals surface area (Å²) in [5, 5.41) is 6.17. The standard InChI is InChI=1S/C38H74N2O8S3.C3H8/c1-8-37(25-43-14-10-18-49,26-44-15-11-19-50)30-48-34(42)40-32-21-35(5,6)23-36(7,22-32)24-39-33(41)47-29-38(9-2,27-45-16-12-20-51)28-46-17-13-31(3)4;1-3-2/h31-32,49-51H,8-30H2,1-7H3,(H,39,41)(H,40,42);3H2,1-2H3. The first kappa shape index (κ1) is 53.4. The van der Waals surface area contributed by atoms with E-state index in [1.54, 1.807) is 0 Å². The maximum Gasteiger partial charge on any atom is 0.407 e. The molecule has 0 heterocycles. The average molecular weight is 827 g/mol. The monoisotopic (exact) mass is 827 g/mol. The van der Waals surface area contributed by atoms with Gasteiger partial charge in [0.25, 0.3) is 0 Å². The summed E-state index contributed by atoms with van der Waals surface area (Å²) in [7, 11) is 0. The van der Waals surface area contributed by atoms with E-state index in [1.165, 1.54) is 6.42 Å². The molecule has 322 valence electrons. The number of carbonyl (C=O) groups excluding carboxylic acids is 2. The smallest absolute Gasteiger partial charge is 0.407 e. The molecule has 1 saturated carbocycles. The third kappa shape index (κ3) is 24.9. The highest BCUT2D eigenvalue weighted by molar-refractivity contribution is 7.80. The third-order valence-electron chi connectivity index (χ3n) is 9.76. The van der Waals surface area contributed by atoms with Gasteiger partial charge in [0.2, 0.25) is 0 Å². The lowest BCUT2D eigenvalue weighted by molar-refractivity contribution is -0.0578. The number of rotatable bonds is 29. The minimum absolute atomic E-state index is 0.0551. The molecule has 0 aromatic heterocycles. The highest BCUT2D eigenvalue weighted by Crippen LogP contribution is 2.46. The molecule has 1 rings (SSSR count). The minimum atomic E-state index is -0.456. The second-order valence-electron chi connectivity index (χ2n) is 16.9. The van der Waals surface area contributed by atoms with Crippen molar-refractivity contribution in [3.63, 3.8) is 0 Å². The topological polar surface area (TPSA) is 114 Å². The molecule has 1 aliphatic rings. The van der Waals surface area contributed by atoms with Crippen molar-refractivity contribution in [2.24, 2.45) is 27.6 Å². The Morgan fingerprint density at radius 2 is 1.11 bits per heavy atom. The summed E-state index contributed by atoms with van der Waals surface area (Å²) in [4.78, 5) is 26.3. The van der Waals surface area contributed by atoms with Crippen molar-refractivity contribution in [1.82, 2.24) is 10.6 Å². The molecule has 0 aromatic rings. The van der Waals surface area contributed by atoms with Crippen molar-refractivity contribution < 1.29 is 38.0 Å². The van der Waals surface area contributed by atoms with Crippen LogP contribution in [0.3, 0.4) is 0 Å². The molecular weight excluding hydrogens is 745 g/mol. The van der Waals surface area contributed by atoms with Crippen molar-refractivity contribution >= 4 is 50.1 Å². The Labute approximate surface area is 347 Å². The van der Waals surface area contributed by atoms with Gasteiger partial charge in [0, 0.05) is 39.0 Å². The molecule has 1 aliphatic carbocycles. The van der Waals surface area contributed by atoms with Crippen molar-refractivity contribution in [2.75, 3.05) is 89.9 Å². The van der Waals surface area contributed by atoms with Gasteiger partial charge < -0.3 is 39.1 Å². The van der Waals surface area contributed by atoms with Gasteiger partial charge in [0.1, 0.15) is 13.2 Å². The van der Waals surface area contributed by atoms with E-state index in [0.29, 0.717) is 71.7 Å². The van der Waals surface area contributed by atoms with E-state index in [9.17, 15) is 9.59 Å². The Kier molecular flexibility index (Phi) is 30.2. The number of carbonyl (C=O) groups is 2. The van der Waals surface area contributed by atoms with Crippen molar-refractivity contribution in [2.45, 2.75) is 133 Å². The lowest BCUT2D eigenvalue weighted by atomic mass is 9.62. The zero-order valence-electron chi connectivity index (χ0n) is 35.7. The Morgan fingerprint density at radius 1 is 0.685 bits per heavy atom. The van der Waals surface area contributed by atoms with E-state index in [2.05, 4.69) is 111 Å². The second kappa shape index (κ2) is 30.5. The fourth-order valence-electron chi connectivity index (χ4n) is 6.69. The number of thiol groups is 3. The maximum atomic E-state index is 13.2. The Morgan fingerprint density at radius 3 is 1.52 bits per heavy atom. The van der Waals surface area contributed by atoms with Crippen molar-refractivity contribution in [3.8, 4) is 0 Å². The van der Waals surface area contributed by atoms with Crippen molar-refractivity contribution in [1.29, 1.82) is 0 Å². The quantitative estimate of drug-likeness (QED) is 0.0375. The summed E-state index contributed by atoms with van der Waals surface area (Å²) >= 11 is 12.8. The largest absolute Gasteiger partial charge is 0.449 e. The second-order valence-corrected chi connectivity index (χ2v) is 18.3. The molecule has 0 spiro atoms. The highest BCUT2D eigenvalue weighted by Gasteiger charge is 2.42. The normalized spacial score (nSPS) is 19.4. The van der Waals surface area contributed by atoms with Crippen LogP contribution in [0.2, 0.25) is 0 Å². The van der Waals surface area contributed by atoms with E-state index in [4.69, 9.17) is 28.4 Å². The van der Waals surface area contributed by atoms with Crippen LogP contribution < -0.4 is 10.6 Å². The van der Waals surface area contributed by atoms with Crippen LogP contribution >= 0.6 is 37.9 Å². The van der Waals surface area contributed by atoms with Gasteiger partial charge in [-0.1, -0.05) is 68.7 Å². The first-order chi connectivity index (χ1) is 25.6. The SMILES string of the molecule is CCC.CCC(COCCCS)(COCCC(C)C)COC(=O)NCC1(C)CC(NC(=O)OCC(CC)(COCCCS)COCCCS)CC(C)(C)C1. The zero-order chi connectivity index (χ0) is 40.9. The number of nitrogens with one attached hydrogen (secondary N) is 2. The Bertz CT molecular complexity index is 951. The van der Waals surface area contributed by atoms with E-state index in [1.807, 2.05) is 0 Å². The molecule has 1 fully saturated rings. The van der Waals surface area contributed by atoms with Crippen LogP contribution in [0.4, 0.5) is 9.59 Å². The van der Waals surface area contributed by atoms with Gasteiger partial charge in [-0.15, -0.1) is 0 Å². The van der Waals surface area contributed by atoms with Crippen LogP contribution in [-0.4, -0.2) is 108 Å². The average Bonchev–Trinajstić information content (AvgIpc) is 3.11. The minimum Gasteiger partial charge on any atom is -0.449 e. The molecule has 0 bridgehead atoms. The predicted octanol–water partition coefficient (Wildman–Crippen LogP) is 9.31. The van der Waals surface area contributed by atoms with Crippen LogP contribution in [-0.2, 0) is 28.4 Å². The van der Waals surface area contributed by atoms with Crippen LogP contribution in [0.1, 0.15) is 127 Å². The van der Waals surface area contributed by atoms with Gasteiger partial charge >= 0.3 is 12.2 Å². The fourth-order valence-corrected chi connectivity index (χ4v) is 7.08. The molecular formula is C41H82N2O8S3. The van der Waals surface area contributed by atoms with Gasteiger partial charge in [0.05, 0.1) is 37.3 Å². The summed E-state index contributed by atoms with van der Waals surface area (Å²) in [5.74, 6) is 2.82. The summed E-state index contributed by atoms with van der Waals surface area (Å²) in [6, 6.07) is -0.108. The van der Waals surface area contributed by atoms with E-state index >= 15 is 0 Å². The highest BCUT2D eigenvalue weighted by atomic mass is 32.1. The number of hydrogen-bond acceptors (Lipinski definition) is 11. The summed E-state index contributed by atoms with van der Waals surface area (Å²) in [6.07, 6.45) is 7.79. The molecule has 3 unspecified atom stereocenters. The van der Waals surface area contributed by atoms with Crippen molar-refractivity contribution in [3.05, 3.63) is 0 Å². The van der Waals surface area contributed by atoms with E-state index in [0.717, 1.165) is 68.6 Å². The van der Waals surface area contributed by atoms with Crippen LogP contribution in [0, 0.1) is 27.6 Å². The van der Waals surface area contributed by atoms with Gasteiger partial charge in [0.15, 0.2) is 0 Å². The van der Waals surface area contributed by atoms with Gasteiger partial charge in [-0.25, -0.2) is 9.59 Å². The molecule has 0 aliphatic heterocycles. The molecule has 10 nitrogen and oxygen atoms in total. The lowest BCUT2D eigenvalue weighted by Crippen LogP contribution is -2.51. The summed E-state index contributed by atoms with van der Waals surface area (Å²) < 4.78 is 35.6. The molecule has 2 N–H and O–H groups in total. The zero-order valence-corrected chi connectivity index (χ0v) is 38.4. The summed E-state index contributed by atoms with van der Waals surface area (Å²) in [6.45, 7) is 24.4. The van der Waals surface area contributed by atoms with E-state index in [-0.39, 0.29) is 30.1 Å². The van der Waals surface area contributed by atoms with Crippen LogP contribution in [0.25, 0.3) is 0 Å². The number of amides is 2. The van der Waals surface area contributed by atoms with Crippen LogP contribution in [0.15, 0.2) is 0 Å². The third-order valence-corrected chi connectivity index (χ3v) is 10.7. The van der Waals surface area contributed by atoms with Gasteiger partial charge in [-0.05, 0) is 91.8 Å². The maximum absolute atomic E-state index is 13.2. The Balaban J connectivity index is 0.00000903. The lowest BCUT2D eigenvalue weighted by Gasteiger charge is -2.46. The van der Waals surface area contributed by atoms with Crippen LogP contribution in [0.5, 0.6) is 0 Å². The molecule has 13 heteroatoms. The molecule has 54 heavy (non-hydrogen) atoms. The molecule has 3 atom stereocenters. The first-order valence-corrected chi connectivity index (χ1v) is 22.5. The molecule has 0 aromatic carbocycles. The molecule has 2 amide bonds. The molecule has 0 saturated heterocycles. The Hall–Kier alpha value is -0.570. The number of hydrogen-bond donors (Lipinski definition) is 5. The summed E-state index contributed by atoms with van der Waals surface area (Å²) in [5.41, 5.74) is -1.18. The number of alkyl carbamates (subject to hydrolysis) is 2. The van der Waals surface area contributed by atoms with Gasteiger partial charge in [-0.3, -0.25) is 0 Å². The fraction of sp³-hybridized carbons (Fsp3) is 0.951. The van der Waals surface area contributed by atoms with E-state index < -0.39 is 23.0 Å². The van der Waals surface area contributed by atoms with Gasteiger partial charge in [-0.2, -0.15) is 37.9 Å². The first-order valence-electron chi connectivity index (χ1n) is 20.6.